The van der Waals surface area contributed by atoms with E-state index in [-0.39, 0.29) is 5.91 Å². The summed E-state index contributed by atoms with van der Waals surface area (Å²) in [6.45, 7) is 1.97. The highest BCUT2D eigenvalue weighted by atomic mass is 16.2. The first-order chi connectivity index (χ1) is 14.6. The molecule has 2 aromatic heterocycles. The van der Waals surface area contributed by atoms with Crippen molar-refractivity contribution in [2.45, 2.75) is 13.0 Å². The van der Waals surface area contributed by atoms with Crippen molar-refractivity contribution in [1.82, 2.24) is 20.2 Å². The zero-order valence-electron chi connectivity index (χ0n) is 17.2. The molecule has 2 N–H and O–H groups in total. The summed E-state index contributed by atoms with van der Waals surface area (Å²) in [7, 11) is 3.53. The molecular weight excluding hydrogens is 372 g/mol. The van der Waals surface area contributed by atoms with E-state index >= 15 is 0 Å². The monoisotopic (exact) mass is 396 g/mol. The van der Waals surface area contributed by atoms with E-state index in [1.165, 1.54) is 16.7 Å². The van der Waals surface area contributed by atoms with E-state index in [0.29, 0.717) is 5.56 Å². The highest BCUT2D eigenvalue weighted by Crippen LogP contribution is 2.32. The molecule has 1 amide bonds. The molecule has 0 saturated heterocycles. The van der Waals surface area contributed by atoms with Crippen molar-refractivity contribution in [3.05, 3.63) is 77.6 Å². The zero-order valence-corrected chi connectivity index (χ0v) is 17.2. The molecular formula is C25H24N4O. The number of nitrogens with one attached hydrogen (secondary N) is 2. The normalized spacial score (nSPS) is 13.3. The second-order valence-electron chi connectivity index (χ2n) is 8.01. The van der Waals surface area contributed by atoms with Crippen molar-refractivity contribution in [3.63, 3.8) is 0 Å². The first-order valence-electron chi connectivity index (χ1n) is 10.2. The lowest BCUT2D eigenvalue weighted by molar-refractivity contribution is 0.0827. The molecule has 5 nitrogen and oxygen atoms in total. The van der Waals surface area contributed by atoms with Crippen molar-refractivity contribution < 1.29 is 4.79 Å². The Kier molecular flexibility index (Phi) is 4.60. The van der Waals surface area contributed by atoms with Gasteiger partial charge < -0.3 is 15.2 Å². The molecule has 3 heterocycles. The van der Waals surface area contributed by atoms with Crippen molar-refractivity contribution in [2.24, 2.45) is 0 Å². The third-order valence-corrected chi connectivity index (χ3v) is 5.81. The molecule has 5 rings (SSSR count). The Morgan fingerprint density at radius 3 is 2.57 bits per heavy atom. The number of amides is 1. The maximum Gasteiger partial charge on any atom is 0.253 e. The Morgan fingerprint density at radius 1 is 0.967 bits per heavy atom. The van der Waals surface area contributed by atoms with Crippen LogP contribution in [0.4, 0.5) is 0 Å². The third-order valence-electron chi connectivity index (χ3n) is 5.81. The van der Waals surface area contributed by atoms with E-state index in [1.807, 2.05) is 36.7 Å². The second kappa shape index (κ2) is 7.43. The summed E-state index contributed by atoms with van der Waals surface area (Å²) in [6.07, 6.45) is 5.00. The van der Waals surface area contributed by atoms with Crippen molar-refractivity contribution in [3.8, 4) is 22.3 Å². The summed E-state index contributed by atoms with van der Waals surface area (Å²) >= 11 is 0. The zero-order chi connectivity index (χ0) is 20.7. The highest BCUT2D eigenvalue weighted by Gasteiger charge is 2.13. The van der Waals surface area contributed by atoms with Gasteiger partial charge in [-0.25, -0.2) is 4.98 Å². The maximum atomic E-state index is 12.2. The predicted octanol–water partition coefficient (Wildman–Crippen LogP) is 4.24. The van der Waals surface area contributed by atoms with Gasteiger partial charge in [-0.05, 0) is 59.5 Å². The van der Waals surface area contributed by atoms with Gasteiger partial charge in [-0.2, -0.15) is 0 Å². The molecule has 0 atom stereocenters. The number of fused-ring (bicyclic) bond motifs is 2. The molecule has 0 fully saturated rings. The predicted molar refractivity (Wildman–Crippen MR) is 120 cm³/mol. The minimum Gasteiger partial charge on any atom is -0.346 e. The van der Waals surface area contributed by atoms with Crippen molar-refractivity contribution in [2.75, 3.05) is 20.6 Å². The topological polar surface area (TPSA) is 61.0 Å². The Bertz CT molecular complexity index is 1240. The smallest absolute Gasteiger partial charge is 0.253 e. The molecule has 1 aliphatic heterocycles. The lowest BCUT2D eigenvalue weighted by Gasteiger charge is -2.18. The van der Waals surface area contributed by atoms with Gasteiger partial charge >= 0.3 is 0 Å². The molecule has 0 radical (unpaired) electrons. The number of carbonyl (C=O) groups is 1. The van der Waals surface area contributed by atoms with Crippen LogP contribution >= 0.6 is 0 Å². The van der Waals surface area contributed by atoms with Gasteiger partial charge in [-0.1, -0.05) is 24.3 Å². The van der Waals surface area contributed by atoms with Gasteiger partial charge in [0, 0.05) is 55.1 Å². The molecule has 1 aliphatic rings. The Balaban J connectivity index is 1.53. The van der Waals surface area contributed by atoms with Crippen LogP contribution in [0.5, 0.6) is 0 Å². The number of carbonyl (C=O) groups excluding carboxylic acids is 1. The summed E-state index contributed by atoms with van der Waals surface area (Å²) in [5, 5.41) is 4.53. The minimum atomic E-state index is 0.00586. The Hall–Kier alpha value is -3.44. The summed E-state index contributed by atoms with van der Waals surface area (Å²) < 4.78 is 0. The lowest BCUT2D eigenvalue weighted by Crippen LogP contribution is -2.23. The van der Waals surface area contributed by atoms with E-state index in [0.717, 1.165) is 47.2 Å². The molecule has 0 aliphatic carbocycles. The van der Waals surface area contributed by atoms with Crippen LogP contribution in [0.2, 0.25) is 0 Å². The first kappa shape index (κ1) is 18.6. The van der Waals surface area contributed by atoms with E-state index in [2.05, 4.69) is 39.6 Å². The second-order valence-corrected chi connectivity index (χ2v) is 8.01. The van der Waals surface area contributed by atoms with Gasteiger partial charge in [-0.3, -0.25) is 4.79 Å². The maximum absolute atomic E-state index is 12.2. The van der Waals surface area contributed by atoms with E-state index < -0.39 is 0 Å². The number of benzene rings is 2. The van der Waals surface area contributed by atoms with Crippen LogP contribution in [0.3, 0.4) is 0 Å². The van der Waals surface area contributed by atoms with Gasteiger partial charge in [0.25, 0.3) is 5.91 Å². The number of pyridine rings is 1. The van der Waals surface area contributed by atoms with Crippen LogP contribution in [0.15, 0.2) is 60.9 Å². The van der Waals surface area contributed by atoms with Gasteiger partial charge in [0.2, 0.25) is 0 Å². The number of H-pyrrole nitrogens is 1. The summed E-state index contributed by atoms with van der Waals surface area (Å²) in [4.78, 5) is 21.7. The minimum absolute atomic E-state index is 0.00586. The molecule has 150 valence electrons. The Labute approximate surface area is 175 Å². The van der Waals surface area contributed by atoms with Crippen LogP contribution in [-0.2, 0) is 13.0 Å². The molecule has 0 spiro atoms. The largest absolute Gasteiger partial charge is 0.346 e. The molecule has 0 bridgehead atoms. The van der Waals surface area contributed by atoms with Gasteiger partial charge in [0.05, 0.1) is 0 Å². The molecule has 0 unspecified atom stereocenters. The molecule has 5 heteroatoms. The third kappa shape index (κ3) is 3.27. The number of hydrogen-bond donors (Lipinski definition) is 2. The fourth-order valence-electron chi connectivity index (χ4n) is 4.11. The van der Waals surface area contributed by atoms with E-state index in [4.69, 9.17) is 0 Å². The standard InChI is InChI=1S/C25H24N4O/c1-29(2)25(30)18-6-4-17(5-7-18)23-15-28-24-22(23)12-21(14-27-24)19-8-3-16-9-10-26-13-20(16)11-19/h3-8,11-12,14-15,26H,9-10,13H2,1-2H3,(H,27,28). The highest BCUT2D eigenvalue weighted by molar-refractivity contribution is 5.98. The van der Waals surface area contributed by atoms with Gasteiger partial charge in [0.1, 0.15) is 5.65 Å². The van der Waals surface area contributed by atoms with Crippen LogP contribution in [0, 0.1) is 0 Å². The van der Waals surface area contributed by atoms with E-state index in [9.17, 15) is 4.79 Å². The molecule has 30 heavy (non-hydrogen) atoms. The van der Waals surface area contributed by atoms with Crippen LogP contribution in [0.25, 0.3) is 33.3 Å². The lowest BCUT2D eigenvalue weighted by atomic mass is 9.95. The van der Waals surface area contributed by atoms with Crippen molar-refractivity contribution in [1.29, 1.82) is 0 Å². The number of aromatic nitrogens is 2. The summed E-state index contributed by atoms with van der Waals surface area (Å²) in [5.41, 5.74) is 8.79. The number of hydrogen-bond acceptors (Lipinski definition) is 3. The molecule has 2 aromatic carbocycles. The quantitative estimate of drug-likeness (QED) is 0.544. The van der Waals surface area contributed by atoms with Crippen LogP contribution in [-0.4, -0.2) is 41.4 Å². The SMILES string of the molecule is CN(C)C(=O)c1ccc(-c2c[nH]c3ncc(-c4ccc5c(c4)CNCC5)cc23)cc1. The molecule has 0 saturated carbocycles. The fraction of sp³-hybridized carbons (Fsp3) is 0.200. The van der Waals surface area contributed by atoms with Crippen molar-refractivity contribution >= 4 is 16.9 Å². The average molecular weight is 396 g/mol. The van der Waals surface area contributed by atoms with E-state index in [1.54, 1.807) is 19.0 Å². The number of aromatic amines is 1. The average Bonchev–Trinajstić information content (AvgIpc) is 3.21. The Morgan fingerprint density at radius 2 is 1.77 bits per heavy atom. The van der Waals surface area contributed by atoms with Crippen LogP contribution in [0.1, 0.15) is 21.5 Å². The molecule has 4 aromatic rings. The number of nitrogens with zero attached hydrogens (tertiary/aromatic N) is 2. The van der Waals surface area contributed by atoms with Gasteiger partial charge in [0.15, 0.2) is 0 Å². The van der Waals surface area contributed by atoms with Crippen LogP contribution < -0.4 is 5.32 Å². The fourth-order valence-corrected chi connectivity index (χ4v) is 4.11. The summed E-state index contributed by atoms with van der Waals surface area (Å²) in [5.74, 6) is 0.00586. The number of rotatable bonds is 3. The van der Waals surface area contributed by atoms with Gasteiger partial charge in [-0.15, -0.1) is 0 Å². The first-order valence-corrected chi connectivity index (χ1v) is 10.2. The summed E-state index contributed by atoms with van der Waals surface area (Å²) in [6, 6.07) is 16.7.